The minimum atomic E-state index is -0.349. The average Bonchev–Trinajstić information content (AvgIpc) is 3.08. The van der Waals surface area contributed by atoms with E-state index in [1.54, 1.807) is 0 Å². The van der Waals surface area contributed by atoms with Gasteiger partial charge in [0.05, 0.1) is 23.2 Å². The summed E-state index contributed by atoms with van der Waals surface area (Å²) in [6.45, 7) is 4.69. The third kappa shape index (κ3) is 3.34. The van der Waals surface area contributed by atoms with Gasteiger partial charge < -0.3 is 16.0 Å². The SMILES string of the molecule is Cc1nsc2c1CN(c1ccccc1)C(C(C)NC(=O)c1nccnc1N)=C2. The van der Waals surface area contributed by atoms with Crippen molar-refractivity contribution >= 4 is 35.0 Å². The van der Waals surface area contributed by atoms with E-state index in [1.807, 2.05) is 32.0 Å². The maximum atomic E-state index is 12.7. The Morgan fingerprint density at radius 3 is 2.75 bits per heavy atom. The highest BCUT2D eigenvalue weighted by Crippen LogP contribution is 2.34. The molecule has 4 rings (SSSR count). The van der Waals surface area contributed by atoms with Crippen LogP contribution in [-0.2, 0) is 6.54 Å². The molecule has 1 aromatic carbocycles. The molecule has 1 amide bonds. The average molecular weight is 392 g/mol. The van der Waals surface area contributed by atoms with Crippen LogP contribution in [0.1, 0.15) is 33.5 Å². The van der Waals surface area contributed by atoms with E-state index in [0.29, 0.717) is 6.54 Å². The molecule has 0 spiro atoms. The first kappa shape index (κ1) is 18.1. The summed E-state index contributed by atoms with van der Waals surface area (Å²) >= 11 is 1.48. The second-order valence-electron chi connectivity index (χ2n) is 6.59. The summed E-state index contributed by atoms with van der Waals surface area (Å²) in [6.07, 6.45) is 5.02. The summed E-state index contributed by atoms with van der Waals surface area (Å²) in [5.74, 6) is -0.233. The Labute approximate surface area is 167 Å². The third-order valence-electron chi connectivity index (χ3n) is 4.72. The normalized spacial score (nSPS) is 14.2. The van der Waals surface area contributed by atoms with Crippen LogP contribution in [0.2, 0.25) is 0 Å². The van der Waals surface area contributed by atoms with Crippen molar-refractivity contribution < 1.29 is 4.79 Å². The molecule has 3 heterocycles. The third-order valence-corrected chi connectivity index (χ3v) is 5.65. The molecule has 0 bridgehead atoms. The number of carbonyl (C=O) groups excluding carboxylic acids is 1. The van der Waals surface area contributed by atoms with Crippen molar-refractivity contribution in [2.75, 3.05) is 10.6 Å². The summed E-state index contributed by atoms with van der Waals surface area (Å²) in [5, 5.41) is 3.00. The molecule has 7 nitrogen and oxygen atoms in total. The number of nitrogen functional groups attached to an aromatic ring is 1. The lowest BCUT2D eigenvalue weighted by atomic mass is 10.0. The van der Waals surface area contributed by atoms with Crippen LogP contribution in [0, 0.1) is 6.92 Å². The highest BCUT2D eigenvalue weighted by molar-refractivity contribution is 7.07. The molecule has 1 aliphatic heterocycles. The van der Waals surface area contributed by atoms with Gasteiger partial charge in [-0.2, -0.15) is 4.37 Å². The predicted octanol–water partition coefficient (Wildman–Crippen LogP) is 3.00. The van der Waals surface area contributed by atoms with Crippen molar-refractivity contribution in [3.63, 3.8) is 0 Å². The number of nitrogens with zero attached hydrogens (tertiary/aromatic N) is 4. The first-order chi connectivity index (χ1) is 13.5. The number of amides is 1. The number of nitrogens with two attached hydrogens (primary N) is 1. The predicted molar refractivity (Wildman–Crippen MR) is 111 cm³/mol. The second-order valence-corrected chi connectivity index (χ2v) is 7.39. The Balaban J connectivity index is 1.67. The van der Waals surface area contributed by atoms with E-state index in [9.17, 15) is 4.79 Å². The number of aryl methyl sites for hydroxylation is 1. The van der Waals surface area contributed by atoms with Crippen LogP contribution in [0.4, 0.5) is 11.5 Å². The van der Waals surface area contributed by atoms with Crippen molar-refractivity contribution in [2.24, 2.45) is 0 Å². The molecule has 142 valence electrons. The van der Waals surface area contributed by atoms with Gasteiger partial charge in [-0.15, -0.1) is 0 Å². The molecule has 28 heavy (non-hydrogen) atoms. The molecular weight excluding hydrogens is 372 g/mol. The van der Waals surface area contributed by atoms with E-state index >= 15 is 0 Å². The first-order valence-corrected chi connectivity index (χ1v) is 9.68. The molecule has 3 aromatic rings. The van der Waals surface area contributed by atoms with Crippen molar-refractivity contribution in [3.05, 3.63) is 70.3 Å². The molecule has 0 saturated carbocycles. The minimum Gasteiger partial charge on any atom is -0.382 e. The van der Waals surface area contributed by atoms with Gasteiger partial charge in [0.25, 0.3) is 5.91 Å². The number of aromatic nitrogens is 3. The van der Waals surface area contributed by atoms with E-state index in [1.165, 1.54) is 29.5 Å². The largest absolute Gasteiger partial charge is 0.382 e. The van der Waals surface area contributed by atoms with Crippen LogP contribution in [0.15, 0.2) is 48.4 Å². The van der Waals surface area contributed by atoms with Gasteiger partial charge in [-0.25, -0.2) is 9.97 Å². The van der Waals surface area contributed by atoms with Crippen LogP contribution >= 0.6 is 11.5 Å². The molecule has 0 fully saturated rings. The number of fused-ring (bicyclic) bond motifs is 1. The van der Waals surface area contributed by atoms with E-state index < -0.39 is 0 Å². The fourth-order valence-electron chi connectivity index (χ4n) is 3.24. The standard InChI is InChI=1S/C20H20N6OS/c1-12-15-11-26(14-6-4-3-5-7-14)16(10-17(15)28-25-12)13(2)24-20(27)18-19(21)23-9-8-22-18/h3-10,13H,11H2,1-2H3,(H2,21,23)(H,24,27). The summed E-state index contributed by atoms with van der Waals surface area (Å²) in [5.41, 5.74) is 10.2. The highest BCUT2D eigenvalue weighted by Gasteiger charge is 2.27. The zero-order chi connectivity index (χ0) is 19.7. The quantitative estimate of drug-likeness (QED) is 0.708. The monoisotopic (exact) mass is 392 g/mol. The van der Waals surface area contributed by atoms with Crippen LogP contribution in [-0.4, -0.2) is 26.3 Å². The lowest BCUT2D eigenvalue weighted by Crippen LogP contribution is -2.41. The number of anilines is 2. The molecule has 8 heteroatoms. The topological polar surface area (TPSA) is 97.0 Å². The number of rotatable bonds is 4. The van der Waals surface area contributed by atoms with Gasteiger partial charge in [0.15, 0.2) is 11.5 Å². The molecule has 1 atom stereocenters. The number of benzene rings is 1. The molecule has 1 aliphatic rings. The number of carbonyl (C=O) groups is 1. The van der Waals surface area contributed by atoms with E-state index in [4.69, 9.17) is 5.73 Å². The molecule has 1 unspecified atom stereocenters. The van der Waals surface area contributed by atoms with Crippen LogP contribution in [0.5, 0.6) is 0 Å². The van der Waals surface area contributed by atoms with Crippen LogP contribution < -0.4 is 16.0 Å². The Hall–Kier alpha value is -3.26. The van der Waals surface area contributed by atoms with Gasteiger partial charge in [0.1, 0.15) is 0 Å². The van der Waals surface area contributed by atoms with Gasteiger partial charge >= 0.3 is 0 Å². The van der Waals surface area contributed by atoms with E-state index in [-0.39, 0.29) is 23.5 Å². The molecular formula is C20H20N6OS. The molecule has 0 saturated heterocycles. The van der Waals surface area contributed by atoms with Crippen molar-refractivity contribution in [1.82, 2.24) is 19.7 Å². The molecule has 2 aromatic heterocycles. The van der Waals surface area contributed by atoms with Gasteiger partial charge in [-0.3, -0.25) is 4.79 Å². The highest BCUT2D eigenvalue weighted by atomic mass is 32.1. The van der Waals surface area contributed by atoms with E-state index in [2.05, 4.69) is 42.8 Å². The summed E-state index contributed by atoms with van der Waals surface area (Å²) < 4.78 is 4.49. The summed E-state index contributed by atoms with van der Waals surface area (Å²) in [7, 11) is 0. The summed E-state index contributed by atoms with van der Waals surface area (Å²) in [6, 6.07) is 9.85. The summed E-state index contributed by atoms with van der Waals surface area (Å²) in [4.78, 5) is 24.0. The Bertz CT molecular complexity index is 1050. The van der Waals surface area contributed by atoms with Gasteiger partial charge in [0.2, 0.25) is 0 Å². The number of nitrogens with one attached hydrogen (secondary N) is 1. The molecule has 0 radical (unpaired) electrons. The lowest BCUT2D eigenvalue weighted by molar-refractivity contribution is 0.0940. The number of hydrogen-bond acceptors (Lipinski definition) is 7. The maximum Gasteiger partial charge on any atom is 0.274 e. The maximum absolute atomic E-state index is 12.7. The van der Waals surface area contributed by atoms with Gasteiger partial charge in [-0.1, -0.05) is 18.2 Å². The lowest BCUT2D eigenvalue weighted by Gasteiger charge is -2.34. The minimum absolute atomic E-state index is 0.116. The Morgan fingerprint density at radius 2 is 2.00 bits per heavy atom. The first-order valence-electron chi connectivity index (χ1n) is 8.91. The van der Waals surface area contributed by atoms with Crippen molar-refractivity contribution in [3.8, 4) is 0 Å². The van der Waals surface area contributed by atoms with E-state index in [0.717, 1.165) is 22.0 Å². The zero-order valence-corrected chi connectivity index (χ0v) is 16.4. The van der Waals surface area contributed by atoms with Crippen LogP contribution in [0.25, 0.3) is 6.08 Å². The zero-order valence-electron chi connectivity index (χ0n) is 15.6. The molecule has 3 N–H and O–H groups in total. The second kappa shape index (κ2) is 7.40. The van der Waals surface area contributed by atoms with Crippen molar-refractivity contribution in [2.45, 2.75) is 26.4 Å². The Kier molecular flexibility index (Phi) is 4.79. The number of para-hydroxylation sites is 1. The van der Waals surface area contributed by atoms with Crippen molar-refractivity contribution in [1.29, 1.82) is 0 Å². The Morgan fingerprint density at radius 1 is 1.25 bits per heavy atom. The van der Waals surface area contributed by atoms with Crippen LogP contribution in [0.3, 0.4) is 0 Å². The fraction of sp³-hybridized carbons (Fsp3) is 0.200. The fourth-order valence-corrected chi connectivity index (χ4v) is 4.08. The molecule has 0 aliphatic carbocycles. The van der Waals surface area contributed by atoms with Gasteiger partial charge in [-0.05, 0) is 43.6 Å². The van der Waals surface area contributed by atoms with Gasteiger partial charge in [0, 0.05) is 29.3 Å². The number of hydrogen-bond donors (Lipinski definition) is 2. The smallest absolute Gasteiger partial charge is 0.274 e.